The summed E-state index contributed by atoms with van der Waals surface area (Å²) in [5.74, 6) is 0.107. The molecule has 6 heteroatoms. The average molecular weight is 309 g/mol. The van der Waals surface area contributed by atoms with Gasteiger partial charge < -0.3 is 11.1 Å². The Morgan fingerprint density at radius 1 is 1.33 bits per heavy atom. The smallest absolute Gasteiger partial charge is 0.271 e. The number of benzene rings is 1. The van der Waals surface area contributed by atoms with E-state index in [1.54, 1.807) is 6.07 Å². The van der Waals surface area contributed by atoms with E-state index in [2.05, 4.69) is 15.5 Å². The van der Waals surface area contributed by atoms with Crippen molar-refractivity contribution in [2.24, 2.45) is 5.73 Å². The molecule has 4 N–H and O–H groups in total. The Kier molecular flexibility index (Phi) is 6.39. The summed E-state index contributed by atoms with van der Waals surface area (Å²) in [5.41, 5.74) is 8.37. The number of aromatic nitrogens is 2. The van der Waals surface area contributed by atoms with Crippen LogP contribution in [0.3, 0.4) is 0 Å². The SMILES string of the molecule is CC(C)c1cc(C(=O)NCC(N)c2ccccc2)n[nH]1.Cl. The summed E-state index contributed by atoms with van der Waals surface area (Å²) in [6.07, 6.45) is 0. The van der Waals surface area contributed by atoms with Crippen molar-refractivity contribution in [1.82, 2.24) is 15.5 Å². The Bertz CT molecular complexity index is 568. The van der Waals surface area contributed by atoms with Crippen molar-refractivity contribution in [3.8, 4) is 0 Å². The van der Waals surface area contributed by atoms with E-state index in [1.807, 2.05) is 44.2 Å². The van der Waals surface area contributed by atoms with Crippen LogP contribution in [0.4, 0.5) is 0 Å². The van der Waals surface area contributed by atoms with Crippen molar-refractivity contribution in [3.05, 3.63) is 53.3 Å². The first-order valence-electron chi connectivity index (χ1n) is 6.72. The lowest BCUT2D eigenvalue weighted by Crippen LogP contribution is -2.32. The Morgan fingerprint density at radius 3 is 2.57 bits per heavy atom. The van der Waals surface area contributed by atoms with Crippen molar-refractivity contribution < 1.29 is 4.79 Å². The van der Waals surface area contributed by atoms with Crippen LogP contribution in [0.25, 0.3) is 0 Å². The number of rotatable bonds is 5. The normalized spacial score (nSPS) is 11.8. The molecular weight excluding hydrogens is 288 g/mol. The molecule has 0 saturated heterocycles. The number of nitrogens with two attached hydrogens (primary N) is 1. The van der Waals surface area contributed by atoms with Gasteiger partial charge in [0.05, 0.1) is 0 Å². The topological polar surface area (TPSA) is 83.8 Å². The summed E-state index contributed by atoms with van der Waals surface area (Å²) in [6, 6.07) is 11.2. The van der Waals surface area contributed by atoms with E-state index >= 15 is 0 Å². The summed E-state index contributed by atoms with van der Waals surface area (Å²) in [7, 11) is 0. The molecule has 0 saturated carbocycles. The average Bonchev–Trinajstić information content (AvgIpc) is 2.95. The van der Waals surface area contributed by atoms with Crippen LogP contribution < -0.4 is 11.1 Å². The molecule has 1 aromatic heterocycles. The predicted molar refractivity (Wildman–Crippen MR) is 85.6 cm³/mol. The zero-order chi connectivity index (χ0) is 14.5. The van der Waals surface area contributed by atoms with E-state index in [9.17, 15) is 4.79 Å². The summed E-state index contributed by atoms with van der Waals surface area (Å²) in [6.45, 7) is 4.47. The third-order valence-corrected chi connectivity index (χ3v) is 3.16. The molecule has 1 amide bonds. The van der Waals surface area contributed by atoms with Gasteiger partial charge in [0.2, 0.25) is 0 Å². The fraction of sp³-hybridized carbons (Fsp3) is 0.333. The highest BCUT2D eigenvalue weighted by molar-refractivity contribution is 5.92. The molecule has 0 fully saturated rings. The quantitative estimate of drug-likeness (QED) is 0.793. The van der Waals surface area contributed by atoms with E-state index in [0.717, 1.165) is 11.3 Å². The molecule has 0 bridgehead atoms. The predicted octanol–water partition coefficient (Wildman–Crippen LogP) is 2.38. The van der Waals surface area contributed by atoms with Gasteiger partial charge >= 0.3 is 0 Å². The Balaban J connectivity index is 0.00000220. The van der Waals surface area contributed by atoms with Crippen LogP contribution in [0, 0.1) is 0 Å². The second-order valence-corrected chi connectivity index (χ2v) is 5.09. The van der Waals surface area contributed by atoms with Crippen molar-refractivity contribution >= 4 is 18.3 Å². The zero-order valence-corrected chi connectivity index (χ0v) is 13.0. The number of hydrogen-bond donors (Lipinski definition) is 3. The first-order chi connectivity index (χ1) is 9.58. The van der Waals surface area contributed by atoms with Gasteiger partial charge in [-0.15, -0.1) is 12.4 Å². The number of nitrogens with zero attached hydrogens (tertiary/aromatic N) is 1. The number of aromatic amines is 1. The van der Waals surface area contributed by atoms with E-state index in [4.69, 9.17) is 5.73 Å². The Hall–Kier alpha value is -1.85. The minimum absolute atomic E-state index is 0. The number of carbonyl (C=O) groups excluding carboxylic acids is 1. The molecule has 0 aliphatic rings. The summed E-state index contributed by atoms with van der Waals surface area (Å²) in [5, 5.41) is 9.68. The van der Waals surface area contributed by atoms with Crippen molar-refractivity contribution in [2.45, 2.75) is 25.8 Å². The molecular formula is C15H21ClN4O. The van der Waals surface area contributed by atoms with E-state index in [-0.39, 0.29) is 24.4 Å². The van der Waals surface area contributed by atoms with E-state index in [0.29, 0.717) is 18.2 Å². The lowest BCUT2D eigenvalue weighted by molar-refractivity contribution is 0.0946. The van der Waals surface area contributed by atoms with Crippen LogP contribution >= 0.6 is 12.4 Å². The summed E-state index contributed by atoms with van der Waals surface area (Å²) in [4.78, 5) is 12.0. The highest BCUT2D eigenvalue weighted by atomic mass is 35.5. The maximum absolute atomic E-state index is 12.0. The first kappa shape index (κ1) is 17.2. The number of halogens is 1. The van der Waals surface area contributed by atoms with Gasteiger partial charge in [-0.25, -0.2) is 0 Å². The van der Waals surface area contributed by atoms with Crippen molar-refractivity contribution in [3.63, 3.8) is 0 Å². The molecule has 114 valence electrons. The number of nitrogens with one attached hydrogen (secondary N) is 2. The van der Waals surface area contributed by atoms with Gasteiger partial charge in [0, 0.05) is 18.3 Å². The second kappa shape index (κ2) is 7.81. The maximum Gasteiger partial charge on any atom is 0.271 e. The minimum atomic E-state index is -0.219. The Labute approximate surface area is 130 Å². The maximum atomic E-state index is 12.0. The van der Waals surface area contributed by atoms with Gasteiger partial charge in [0.25, 0.3) is 5.91 Å². The van der Waals surface area contributed by atoms with Crippen LogP contribution in [-0.2, 0) is 0 Å². The number of carbonyl (C=O) groups is 1. The lowest BCUT2D eigenvalue weighted by atomic mass is 10.1. The van der Waals surface area contributed by atoms with Crippen LogP contribution in [-0.4, -0.2) is 22.6 Å². The molecule has 1 aromatic carbocycles. The van der Waals surface area contributed by atoms with Gasteiger partial charge in [0.15, 0.2) is 0 Å². The lowest BCUT2D eigenvalue weighted by Gasteiger charge is -2.12. The molecule has 2 rings (SSSR count). The van der Waals surface area contributed by atoms with Crippen molar-refractivity contribution in [2.75, 3.05) is 6.54 Å². The van der Waals surface area contributed by atoms with Crippen LogP contribution in [0.2, 0.25) is 0 Å². The summed E-state index contributed by atoms with van der Waals surface area (Å²) >= 11 is 0. The van der Waals surface area contributed by atoms with E-state index in [1.165, 1.54) is 0 Å². The van der Waals surface area contributed by atoms with Crippen LogP contribution in [0.1, 0.15) is 47.6 Å². The van der Waals surface area contributed by atoms with Gasteiger partial charge in [0.1, 0.15) is 5.69 Å². The first-order valence-corrected chi connectivity index (χ1v) is 6.72. The van der Waals surface area contributed by atoms with Gasteiger partial charge in [-0.3, -0.25) is 9.89 Å². The van der Waals surface area contributed by atoms with Crippen molar-refractivity contribution in [1.29, 1.82) is 0 Å². The molecule has 1 heterocycles. The molecule has 1 atom stereocenters. The molecule has 0 aliphatic carbocycles. The van der Waals surface area contributed by atoms with Gasteiger partial charge in [-0.1, -0.05) is 44.2 Å². The monoisotopic (exact) mass is 308 g/mol. The molecule has 0 radical (unpaired) electrons. The molecule has 21 heavy (non-hydrogen) atoms. The summed E-state index contributed by atoms with van der Waals surface area (Å²) < 4.78 is 0. The highest BCUT2D eigenvalue weighted by Crippen LogP contribution is 2.12. The highest BCUT2D eigenvalue weighted by Gasteiger charge is 2.13. The zero-order valence-electron chi connectivity index (χ0n) is 12.2. The van der Waals surface area contributed by atoms with Gasteiger partial charge in [-0.05, 0) is 17.5 Å². The molecule has 0 aliphatic heterocycles. The number of amides is 1. The molecule has 0 spiro atoms. The number of hydrogen-bond acceptors (Lipinski definition) is 3. The fourth-order valence-electron chi connectivity index (χ4n) is 1.86. The Morgan fingerprint density at radius 2 is 2.00 bits per heavy atom. The fourth-order valence-corrected chi connectivity index (χ4v) is 1.86. The molecule has 2 aromatic rings. The van der Waals surface area contributed by atoms with Crippen LogP contribution in [0.5, 0.6) is 0 Å². The third-order valence-electron chi connectivity index (χ3n) is 3.16. The molecule has 1 unspecified atom stereocenters. The largest absolute Gasteiger partial charge is 0.349 e. The standard InChI is InChI=1S/C15H20N4O.ClH/c1-10(2)13-8-14(19-18-13)15(20)17-9-12(16)11-6-4-3-5-7-11;/h3-8,10,12H,9,16H2,1-2H3,(H,17,20)(H,18,19);1H. The van der Waals surface area contributed by atoms with Crippen LogP contribution in [0.15, 0.2) is 36.4 Å². The third kappa shape index (κ3) is 4.58. The van der Waals surface area contributed by atoms with Gasteiger partial charge in [-0.2, -0.15) is 5.10 Å². The second-order valence-electron chi connectivity index (χ2n) is 5.09. The molecule has 5 nitrogen and oxygen atoms in total. The minimum Gasteiger partial charge on any atom is -0.349 e. The number of H-pyrrole nitrogens is 1. The van der Waals surface area contributed by atoms with E-state index < -0.39 is 0 Å².